The minimum atomic E-state index is -0.798. The molecule has 0 spiro atoms. The van der Waals surface area contributed by atoms with E-state index in [0.29, 0.717) is 4.47 Å². The summed E-state index contributed by atoms with van der Waals surface area (Å²) in [5.74, 6) is -1.13. The maximum absolute atomic E-state index is 11.8. The van der Waals surface area contributed by atoms with Gasteiger partial charge in [-0.3, -0.25) is 10.1 Å². The van der Waals surface area contributed by atoms with E-state index in [1.54, 1.807) is 13.0 Å². The number of allylic oxidation sites excluding steroid dienone is 1. The van der Waals surface area contributed by atoms with Crippen LogP contribution in [-0.2, 0) is 9.53 Å². The Morgan fingerprint density at radius 2 is 2.16 bits per heavy atom. The molecule has 0 radical (unpaired) electrons. The van der Waals surface area contributed by atoms with Gasteiger partial charge >= 0.3 is 5.97 Å². The van der Waals surface area contributed by atoms with E-state index in [0.717, 1.165) is 0 Å². The van der Waals surface area contributed by atoms with E-state index in [1.165, 1.54) is 19.1 Å². The predicted molar refractivity (Wildman–Crippen MR) is 72.7 cm³/mol. The molecule has 0 aliphatic rings. The fraction of sp³-hybridized carbons (Fsp3) is 0.250. The highest BCUT2D eigenvalue weighted by atomic mass is 79.9. The third kappa shape index (κ3) is 3.54. The van der Waals surface area contributed by atoms with Crippen molar-refractivity contribution in [2.45, 2.75) is 13.8 Å². The normalized spacial score (nSPS) is 11.7. The summed E-state index contributed by atoms with van der Waals surface area (Å²) in [6.45, 7) is 3.00. The van der Waals surface area contributed by atoms with Crippen LogP contribution in [0.25, 0.3) is 5.57 Å². The lowest BCUT2D eigenvalue weighted by molar-refractivity contribution is -0.385. The summed E-state index contributed by atoms with van der Waals surface area (Å²) in [7, 11) is 0. The topological polar surface area (TPSA) is 89.7 Å². The molecule has 19 heavy (non-hydrogen) atoms. The minimum absolute atomic E-state index is 0.0200. The summed E-state index contributed by atoms with van der Waals surface area (Å²) >= 11 is 3.12. The number of esters is 1. The van der Waals surface area contributed by atoms with E-state index < -0.39 is 10.9 Å². The number of benzene rings is 1. The van der Waals surface area contributed by atoms with E-state index in [2.05, 4.69) is 15.9 Å². The molecule has 0 unspecified atom stereocenters. The highest BCUT2D eigenvalue weighted by Gasteiger charge is 2.25. The van der Waals surface area contributed by atoms with Crippen molar-refractivity contribution in [3.05, 3.63) is 44.1 Å². The minimum Gasteiger partial charge on any atom is -0.512 e. The number of halogens is 1. The summed E-state index contributed by atoms with van der Waals surface area (Å²) in [5.41, 5.74) is -0.474. The van der Waals surface area contributed by atoms with Gasteiger partial charge in [0.15, 0.2) is 0 Å². The zero-order valence-electron chi connectivity index (χ0n) is 10.3. The Hall–Kier alpha value is -1.89. The molecular weight excluding hydrogens is 318 g/mol. The van der Waals surface area contributed by atoms with Gasteiger partial charge in [-0.05, 0) is 26.0 Å². The Labute approximate surface area is 118 Å². The van der Waals surface area contributed by atoms with Crippen LogP contribution in [0.5, 0.6) is 0 Å². The molecule has 1 aromatic rings. The first-order valence-corrected chi connectivity index (χ1v) is 6.19. The van der Waals surface area contributed by atoms with Gasteiger partial charge < -0.3 is 9.84 Å². The van der Waals surface area contributed by atoms with Crippen LogP contribution in [0.3, 0.4) is 0 Å². The van der Waals surface area contributed by atoms with Crippen molar-refractivity contribution in [2.24, 2.45) is 0 Å². The Morgan fingerprint density at radius 3 is 2.63 bits per heavy atom. The Kier molecular flexibility index (Phi) is 5.05. The number of hydrogen-bond donors (Lipinski definition) is 1. The lowest BCUT2D eigenvalue weighted by Crippen LogP contribution is -2.10. The van der Waals surface area contributed by atoms with Crippen LogP contribution in [0, 0.1) is 10.1 Å². The Morgan fingerprint density at radius 1 is 1.53 bits per heavy atom. The second kappa shape index (κ2) is 6.33. The monoisotopic (exact) mass is 329 g/mol. The fourth-order valence-corrected chi connectivity index (χ4v) is 1.87. The predicted octanol–water partition coefficient (Wildman–Crippen LogP) is 3.21. The molecule has 0 bridgehead atoms. The van der Waals surface area contributed by atoms with E-state index in [-0.39, 0.29) is 29.2 Å². The third-order valence-corrected chi connectivity index (χ3v) is 2.76. The molecule has 1 N–H and O–H groups in total. The Bertz CT molecular complexity index is 549. The largest absolute Gasteiger partial charge is 0.512 e. The SMILES string of the molecule is CCOC(=O)C(=C(C)O)c1ccc(Br)cc1[N+](=O)[O-]. The van der Waals surface area contributed by atoms with Gasteiger partial charge in [0, 0.05) is 10.5 Å². The molecule has 0 aliphatic carbocycles. The maximum atomic E-state index is 11.8. The molecule has 0 atom stereocenters. The number of ether oxygens (including phenoxy) is 1. The molecule has 0 aliphatic heterocycles. The molecule has 0 saturated carbocycles. The van der Waals surface area contributed by atoms with Gasteiger partial charge in [0.25, 0.3) is 5.69 Å². The van der Waals surface area contributed by atoms with Gasteiger partial charge in [-0.1, -0.05) is 15.9 Å². The molecule has 0 amide bonds. The smallest absolute Gasteiger partial charge is 0.342 e. The number of rotatable bonds is 4. The first-order chi connectivity index (χ1) is 8.88. The number of nitro groups is 1. The summed E-state index contributed by atoms with van der Waals surface area (Å²) < 4.78 is 5.30. The molecule has 0 aromatic heterocycles. The quantitative estimate of drug-likeness (QED) is 0.301. The van der Waals surface area contributed by atoms with Crippen LogP contribution >= 0.6 is 15.9 Å². The molecule has 102 valence electrons. The molecule has 1 aromatic carbocycles. The average molecular weight is 330 g/mol. The molecule has 0 saturated heterocycles. The van der Waals surface area contributed by atoms with Crippen LogP contribution in [-0.4, -0.2) is 22.6 Å². The average Bonchev–Trinajstić information content (AvgIpc) is 2.31. The first kappa shape index (κ1) is 15.2. The summed E-state index contributed by atoms with van der Waals surface area (Å²) in [5, 5.41) is 20.6. The van der Waals surface area contributed by atoms with Crippen molar-refractivity contribution in [3.8, 4) is 0 Å². The maximum Gasteiger partial charge on any atom is 0.342 e. The van der Waals surface area contributed by atoms with Crippen LogP contribution in [0.4, 0.5) is 5.69 Å². The molecular formula is C12H12BrNO5. The molecule has 0 fully saturated rings. The number of aliphatic hydroxyl groups is 1. The first-order valence-electron chi connectivity index (χ1n) is 5.39. The summed E-state index contributed by atoms with van der Waals surface area (Å²) in [4.78, 5) is 22.2. The van der Waals surface area contributed by atoms with Crippen LogP contribution < -0.4 is 0 Å². The van der Waals surface area contributed by atoms with Crippen LogP contribution in [0.2, 0.25) is 0 Å². The number of carbonyl (C=O) groups is 1. The molecule has 6 nitrogen and oxygen atoms in total. The van der Waals surface area contributed by atoms with Crippen LogP contribution in [0.15, 0.2) is 28.4 Å². The zero-order chi connectivity index (χ0) is 14.6. The van der Waals surface area contributed by atoms with E-state index >= 15 is 0 Å². The highest BCUT2D eigenvalue weighted by Crippen LogP contribution is 2.31. The number of carbonyl (C=O) groups excluding carboxylic acids is 1. The standard InChI is InChI=1S/C12H12BrNO5/c1-3-19-12(16)11(7(2)15)9-5-4-8(13)6-10(9)14(17)18/h4-6,15H,3H2,1-2H3. The van der Waals surface area contributed by atoms with Crippen molar-refractivity contribution in [3.63, 3.8) is 0 Å². The second-order valence-corrected chi connectivity index (χ2v) is 4.52. The van der Waals surface area contributed by atoms with E-state index in [1.807, 2.05) is 0 Å². The number of nitrogens with zero attached hydrogens (tertiary/aromatic N) is 1. The van der Waals surface area contributed by atoms with Crippen molar-refractivity contribution in [1.82, 2.24) is 0 Å². The summed E-state index contributed by atoms with van der Waals surface area (Å²) in [6, 6.07) is 4.19. The van der Waals surface area contributed by atoms with Gasteiger partial charge in [-0.2, -0.15) is 0 Å². The third-order valence-electron chi connectivity index (χ3n) is 2.27. The summed E-state index contributed by atoms with van der Waals surface area (Å²) in [6.07, 6.45) is 0. The van der Waals surface area contributed by atoms with Crippen molar-refractivity contribution < 1.29 is 19.6 Å². The van der Waals surface area contributed by atoms with Crippen LogP contribution in [0.1, 0.15) is 19.4 Å². The number of aliphatic hydroxyl groups excluding tert-OH is 1. The number of hydrogen-bond acceptors (Lipinski definition) is 5. The van der Waals surface area contributed by atoms with E-state index in [9.17, 15) is 20.0 Å². The van der Waals surface area contributed by atoms with Gasteiger partial charge in [-0.15, -0.1) is 0 Å². The van der Waals surface area contributed by atoms with Gasteiger partial charge in [-0.25, -0.2) is 4.79 Å². The lowest BCUT2D eigenvalue weighted by atomic mass is 10.0. The second-order valence-electron chi connectivity index (χ2n) is 3.60. The molecule has 1 rings (SSSR count). The fourth-order valence-electron chi connectivity index (χ4n) is 1.52. The van der Waals surface area contributed by atoms with Gasteiger partial charge in [0.05, 0.1) is 17.1 Å². The Balaban J connectivity index is 3.45. The highest BCUT2D eigenvalue weighted by molar-refractivity contribution is 9.10. The molecule has 7 heteroatoms. The molecule has 0 heterocycles. The number of nitro benzene ring substituents is 1. The van der Waals surface area contributed by atoms with Gasteiger partial charge in [0.2, 0.25) is 0 Å². The van der Waals surface area contributed by atoms with E-state index in [4.69, 9.17) is 4.74 Å². The van der Waals surface area contributed by atoms with Gasteiger partial charge in [0.1, 0.15) is 11.3 Å². The van der Waals surface area contributed by atoms with Crippen molar-refractivity contribution in [1.29, 1.82) is 0 Å². The lowest BCUT2D eigenvalue weighted by Gasteiger charge is -2.09. The zero-order valence-corrected chi connectivity index (χ0v) is 11.9. The van der Waals surface area contributed by atoms with Crippen molar-refractivity contribution >= 4 is 33.2 Å². The van der Waals surface area contributed by atoms with Crippen molar-refractivity contribution in [2.75, 3.05) is 6.61 Å².